The molecule has 0 aromatic rings. The van der Waals surface area contributed by atoms with Gasteiger partial charge >= 0.3 is 5.97 Å². The van der Waals surface area contributed by atoms with Crippen LogP contribution < -0.4 is 11.1 Å². The van der Waals surface area contributed by atoms with Crippen LogP contribution in [0.15, 0.2) is 0 Å². The van der Waals surface area contributed by atoms with Crippen molar-refractivity contribution in [2.45, 2.75) is 39.7 Å². The van der Waals surface area contributed by atoms with Gasteiger partial charge in [0.15, 0.2) is 0 Å². The highest BCUT2D eigenvalue weighted by atomic mass is 16.5. The molecule has 0 bridgehead atoms. The number of carbonyl (C=O) groups is 2. The van der Waals surface area contributed by atoms with Gasteiger partial charge in [0.05, 0.1) is 6.61 Å². The standard InChI is InChI=1S/C12H24N2O4/c1-12(2,3)7-9(13)6-10(15)14-4-5-18-8-11(16)17/h9H,4-8,13H2,1-3H3,(H,14,15)(H,16,17). The third-order valence-electron chi connectivity index (χ3n) is 2.12. The molecule has 0 aromatic heterocycles. The highest BCUT2D eigenvalue weighted by Gasteiger charge is 2.17. The van der Waals surface area contributed by atoms with E-state index in [2.05, 4.69) is 26.1 Å². The molecule has 0 saturated carbocycles. The Morgan fingerprint density at radius 1 is 1.39 bits per heavy atom. The molecule has 0 aliphatic heterocycles. The lowest BCUT2D eigenvalue weighted by Gasteiger charge is -2.22. The molecule has 6 heteroatoms. The summed E-state index contributed by atoms with van der Waals surface area (Å²) in [6, 6.07) is -0.162. The average Bonchev–Trinajstić information content (AvgIpc) is 2.12. The molecule has 1 amide bonds. The van der Waals surface area contributed by atoms with Gasteiger partial charge in [0.25, 0.3) is 0 Å². The van der Waals surface area contributed by atoms with E-state index < -0.39 is 5.97 Å². The van der Waals surface area contributed by atoms with E-state index in [9.17, 15) is 9.59 Å². The third-order valence-corrected chi connectivity index (χ3v) is 2.12. The Hall–Kier alpha value is -1.14. The van der Waals surface area contributed by atoms with Crippen molar-refractivity contribution in [1.82, 2.24) is 5.32 Å². The molecule has 106 valence electrons. The molecule has 0 saturated heterocycles. The van der Waals surface area contributed by atoms with Gasteiger partial charge in [-0.05, 0) is 11.8 Å². The number of carbonyl (C=O) groups excluding carboxylic acids is 1. The highest BCUT2D eigenvalue weighted by molar-refractivity contribution is 5.76. The second-order valence-electron chi connectivity index (χ2n) is 5.53. The molecular weight excluding hydrogens is 236 g/mol. The van der Waals surface area contributed by atoms with Crippen LogP contribution in [0.2, 0.25) is 0 Å². The topological polar surface area (TPSA) is 102 Å². The summed E-state index contributed by atoms with van der Waals surface area (Å²) in [6.07, 6.45) is 1.05. The predicted octanol–water partition coefficient (Wildman–Crippen LogP) is 0.357. The fourth-order valence-electron chi connectivity index (χ4n) is 1.59. The van der Waals surface area contributed by atoms with Crippen LogP contribution in [0, 0.1) is 5.41 Å². The first-order chi connectivity index (χ1) is 8.20. The van der Waals surface area contributed by atoms with Gasteiger partial charge in [0.1, 0.15) is 6.61 Å². The van der Waals surface area contributed by atoms with Gasteiger partial charge in [0, 0.05) is 19.0 Å². The summed E-state index contributed by atoms with van der Waals surface area (Å²) in [5, 5.41) is 11.0. The normalized spacial score (nSPS) is 13.1. The van der Waals surface area contributed by atoms with Gasteiger partial charge < -0.3 is 20.9 Å². The first kappa shape index (κ1) is 16.9. The Morgan fingerprint density at radius 3 is 2.50 bits per heavy atom. The summed E-state index contributed by atoms with van der Waals surface area (Å²) < 4.78 is 4.79. The zero-order valence-corrected chi connectivity index (χ0v) is 11.4. The molecule has 0 aromatic carbocycles. The van der Waals surface area contributed by atoms with Crippen molar-refractivity contribution in [1.29, 1.82) is 0 Å². The lowest BCUT2D eigenvalue weighted by atomic mass is 9.87. The van der Waals surface area contributed by atoms with Crippen LogP contribution >= 0.6 is 0 Å². The number of ether oxygens (including phenoxy) is 1. The maximum absolute atomic E-state index is 11.5. The summed E-state index contributed by atoms with van der Waals surface area (Å²) >= 11 is 0. The van der Waals surface area contributed by atoms with Crippen molar-refractivity contribution in [2.75, 3.05) is 19.8 Å². The summed E-state index contributed by atoms with van der Waals surface area (Å²) in [7, 11) is 0. The van der Waals surface area contributed by atoms with Crippen LogP contribution in [0.3, 0.4) is 0 Å². The Morgan fingerprint density at radius 2 is 2.00 bits per heavy atom. The van der Waals surface area contributed by atoms with Gasteiger partial charge in [-0.3, -0.25) is 4.79 Å². The quantitative estimate of drug-likeness (QED) is 0.547. The molecule has 4 N–H and O–H groups in total. The molecule has 1 atom stereocenters. The van der Waals surface area contributed by atoms with Crippen LogP contribution in [0.4, 0.5) is 0 Å². The van der Waals surface area contributed by atoms with Gasteiger partial charge in [-0.1, -0.05) is 20.8 Å². The van der Waals surface area contributed by atoms with E-state index in [1.807, 2.05) is 0 Å². The Labute approximate surface area is 108 Å². The first-order valence-corrected chi connectivity index (χ1v) is 6.02. The Bertz CT molecular complexity index is 274. The Kier molecular flexibility index (Phi) is 7.54. The second kappa shape index (κ2) is 8.05. The van der Waals surface area contributed by atoms with Gasteiger partial charge in [-0.15, -0.1) is 0 Å². The molecule has 0 aliphatic carbocycles. The van der Waals surface area contributed by atoms with Crippen molar-refractivity contribution in [2.24, 2.45) is 11.1 Å². The van der Waals surface area contributed by atoms with Crippen molar-refractivity contribution in [3.8, 4) is 0 Å². The molecule has 0 fully saturated rings. The number of hydrogen-bond acceptors (Lipinski definition) is 4. The summed E-state index contributed by atoms with van der Waals surface area (Å²) in [5.41, 5.74) is 5.96. The van der Waals surface area contributed by atoms with Gasteiger partial charge in [-0.25, -0.2) is 4.79 Å². The molecule has 0 heterocycles. The summed E-state index contributed by atoms with van der Waals surface area (Å²) in [6.45, 7) is 6.36. The van der Waals surface area contributed by atoms with Gasteiger partial charge in [-0.2, -0.15) is 0 Å². The zero-order valence-electron chi connectivity index (χ0n) is 11.4. The molecule has 1 unspecified atom stereocenters. The number of amides is 1. The number of hydrogen-bond donors (Lipinski definition) is 3. The van der Waals surface area contributed by atoms with Crippen molar-refractivity contribution in [3.05, 3.63) is 0 Å². The molecule has 18 heavy (non-hydrogen) atoms. The summed E-state index contributed by atoms with van der Waals surface area (Å²) in [5.74, 6) is -1.15. The first-order valence-electron chi connectivity index (χ1n) is 6.02. The minimum Gasteiger partial charge on any atom is -0.480 e. The van der Waals surface area contributed by atoms with E-state index in [4.69, 9.17) is 15.6 Å². The number of carboxylic acid groups (broad SMARTS) is 1. The van der Waals surface area contributed by atoms with Crippen LogP contribution in [-0.2, 0) is 14.3 Å². The predicted molar refractivity (Wildman–Crippen MR) is 68.1 cm³/mol. The molecule has 0 spiro atoms. The minimum atomic E-state index is -1.02. The largest absolute Gasteiger partial charge is 0.480 e. The lowest BCUT2D eigenvalue weighted by molar-refractivity contribution is -0.142. The number of carboxylic acids is 1. The van der Waals surface area contributed by atoms with Crippen LogP contribution in [0.25, 0.3) is 0 Å². The highest BCUT2D eigenvalue weighted by Crippen LogP contribution is 2.20. The second-order valence-corrected chi connectivity index (χ2v) is 5.53. The number of nitrogens with two attached hydrogens (primary N) is 1. The van der Waals surface area contributed by atoms with E-state index in [-0.39, 0.29) is 37.0 Å². The van der Waals surface area contributed by atoms with Crippen LogP contribution in [-0.4, -0.2) is 42.8 Å². The van der Waals surface area contributed by atoms with Gasteiger partial charge in [0.2, 0.25) is 5.91 Å². The van der Waals surface area contributed by atoms with E-state index in [1.165, 1.54) is 0 Å². The van der Waals surface area contributed by atoms with E-state index >= 15 is 0 Å². The molecule has 0 aliphatic rings. The average molecular weight is 260 g/mol. The maximum atomic E-state index is 11.5. The fourth-order valence-corrected chi connectivity index (χ4v) is 1.59. The Balaban J connectivity index is 3.62. The van der Waals surface area contributed by atoms with Crippen molar-refractivity contribution < 1.29 is 19.4 Å². The van der Waals surface area contributed by atoms with Crippen LogP contribution in [0.5, 0.6) is 0 Å². The maximum Gasteiger partial charge on any atom is 0.329 e. The van der Waals surface area contributed by atoms with E-state index in [1.54, 1.807) is 0 Å². The smallest absolute Gasteiger partial charge is 0.329 e. The molecule has 0 rings (SSSR count). The lowest BCUT2D eigenvalue weighted by Crippen LogP contribution is -2.35. The van der Waals surface area contributed by atoms with E-state index in [0.29, 0.717) is 6.54 Å². The number of rotatable bonds is 8. The molecule has 0 radical (unpaired) electrons. The minimum absolute atomic E-state index is 0.101. The molecule has 6 nitrogen and oxygen atoms in total. The molecular formula is C12H24N2O4. The van der Waals surface area contributed by atoms with E-state index in [0.717, 1.165) is 6.42 Å². The third kappa shape index (κ3) is 11.3. The van der Waals surface area contributed by atoms with Crippen molar-refractivity contribution >= 4 is 11.9 Å². The van der Waals surface area contributed by atoms with Crippen molar-refractivity contribution in [3.63, 3.8) is 0 Å². The fraction of sp³-hybridized carbons (Fsp3) is 0.833. The SMILES string of the molecule is CC(C)(C)CC(N)CC(=O)NCCOCC(=O)O. The zero-order chi connectivity index (χ0) is 14.2. The number of aliphatic carboxylic acids is 1. The summed E-state index contributed by atoms with van der Waals surface area (Å²) in [4.78, 5) is 21.6. The monoisotopic (exact) mass is 260 g/mol. The van der Waals surface area contributed by atoms with Crippen LogP contribution in [0.1, 0.15) is 33.6 Å². The number of nitrogens with one attached hydrogen (secondary N) is 1.